The number of hydrogen-bond donors (Lipinski definition) is 2. The topological polar surface area (TPSA) is 122 Å². The standard InChI is InChI=1S/C36H43ClN2O7/c1-6-8-9-10-11-15-29(33(42)46-35(3,4)5)32(41)39-22-23-16-17-28(45-27-14-12-13-26(37)20-27)18-24(23)19-30(39)31(40)38-36(34(43)44)21-25(36)7-2/h6-7,12-14,16-18,20,25,29-30H,1-2,8-11,15,19,21-22H2,3-5H3,(H,38,40)(H,43,44). The van der Waals surface area contributed by atoms with Crippen LogP contribution in [0.15, 0.2) is 67.8 Å². The van der Waals surface area contributed by atoms with Gasteiger partial charge in [-0.15, -0.1) is 13.2 Å². The fourth-order valence-electron chi connectivity index (χ4n) is 5.80. The number of amides is 2. The summed E-state index contributed by atoms with van der Waals surface area (Å²) in [7, 11) is 0. The first-order valence-electron chi connectivity index (χ1n) is 15.7. The largest absolute Gasteiger partial charge is 0.479 e. The quantitative estimate of drug-likeness (QED) is 0.102. The van der Waals surface area contributed by atoms with Crippen molar-refractivity contribution in [2.45, 2.75) is 89.4 Å². The maximum absolute atomic E-state index is 14.3. The van der Waals surface area contributed by atoms with Crippen molar-refractivity contribution in [3.8, 4) is 11.5 Å². The maximum atomic E-state index is 14.3. The Bertz CT molecular complexity index is 1500. The van der Waals surface area contributed by atoms with Gasteiger partial charge in [-0.3, -0.25) is 14.4 Å². The highest BCUT2D eigenvalue weighted by Crippen LogP contribution is 2.45. The van der Waals surface area contributed by atoms with Crippen molar-refractivity contribution in [3.05, 3.63) is 83.9 Å². The molecule has 2 aromatic rings. The third kappa shape index (κ3) is 8.37. The molecule has 1 aliphatic carbocycles. The summed E-state index contributed by atoms with van der Waals surface area (Å²) in [6.45, 7) is 12.7. The summed E-state index contributed by atoms with van der Waals surface area (Å²) in [5.41, 5.74) is -0.750. The Kier molecular flexibility index (Phi) is 11.0. The van der Waals surface area contributed by atoms with Gasteiger partial charge in [0, 0.05) is 23.9 Å². The molecule has 1 fully saturated rings. The highest BCUT2D eigenvalue weighted by molar-refractivity contribution is 6.30. The number of carbonyl (C=O) groups is 4. The lowest BCUT2D eigenvalue weighted by Gasteiger charge is -2.38. The number of carboxylic acid groups (broad SMARTS) is 1. The van der Waals surface area contributed by atoms with Gasteiger partial charge in [0.15, 0.2) is 0 Å². The Morgan fingerprint density at radius 3 is 2.46 bits per heavy atom. The molecule has 4 atom stereocenters. The van der Waals surface area contributed by atoms with Gasteiger partial charge in [0.1, 0.15) is 34.6 Å². The molecule has 1 aliphatic heterocycles. The van der Waals surface area contributed by atoms with Gasteiger partial charge in [-0.05, 0) is 87.9 Å². The Morgan fingerprint density at radius 2 is 1.83 bits per heavy atom. The third-order valence-corrected chi connectivity index (χ3v) is 8.58. The van der Waals surface area contributed by atoms with Crippen molar-refractivity contribution in [3.63, 3.8) is 0 Å². The molecule has 1 heterocycles. The smallest absolute Gasteiger partial charge is 0.330 e. The van der Waals surface area contributed by atoms with Gasteiger partial charge in [-0.2, -0.15) is 0 Å². The number of ether oxygens (including phenoxy) is 2. The molecule has 0 radical (unpaired) electrons. The van der Waals surface area contributed by atoms with Gasteiger partial charge < -0.3 is 24.8 Å². The molecule has 4 unspecified atom stereocenters. The summed E-state index contributed by atoms with van der Waals surface area (Å²) >= 11 is 6.12. The van der Waals surface area contributed by atoms with Gasteiger partial charge in [-0.25, -0.2) is 4.79 Å². The number of nitrogens with zero attached hydrogens (tertiary/aromatic N) is 1. The van der Waals surface area contributed by atoms with Gasteiger partial charge >= 0.3 is 11.9 Å². The van der Waals surface area contributed by atoms with E-state index in [1.54, 1.807) is 57.2 Å². The van der Waals surface area contributed by atoms with Crippen LogP contribution in [0, 0.1) is 11.8 Å². The van der Waals surface area contributed by atoms with Crippen molar-refractivity contribution in [1.82, 2.24) is 10.2 Å². The SMILES string of the molecule is C=CCCCCCC(C(=O)OC(C)(C)C)C(=O)N1Cc2ccc(Oc3cccc(Cl)c3)cc2CC1C(=O)NC1(C(=O)O)CC1C=C. The summed E-state index contributed by atoms with van der Waals surface area (Å²) in [5, 5.41) is 13.2. The van der Waals surface area contributed by atoms with Gasteiger partial charge in [0.25, 0.3) is 0 Å². The molecular formula is C36H43ClN2O7. The van der Waals surface area contributed by atoms with Gasteiger partial charge in [0.2, 0.25) is 11.8 Å². The number of carbonyl (C=O) groups excluding carboxylic acids is 3. The lowest BCUT2D eigenvalue weighted by atomic mass is 9.90. The van der Waals surface area contributed by atoms with Crippen LogP contribution < -0.4 is 10.1 Å². The maximum Gasteiger partial charge on any atom is 0.330 e. The molecule has 4 rings (SSSR count). The number of unbranched alkanes of at least 4 members (excludes halogenated alkanes) is 3. The molecule has 10 heteroatoms. The molecule has 0 aromatic heterocycles. The Labute approximate surface area is 275 Å². The normalized spacial score (nSPS) is 20.9. The van der Waals surface area contributed by atoms with Gasteiger partial charge in [0.05, 0.1) is 0 Å². The molecule has 46 heavy (non-hydrogen) atoms. The zero-order valence-corrected chi connectivity index (χ0v) is 27.5. The Morgan fingerprint density at radius 1 is 1.09 bits per heavy atom. The van der Waals surface area contributed by atoms with Gasteiger partial charge in [-0.1, -0.05) is 48.7 Å². The summed E-state index contributed by atoms with van der Waals surface area (Å²) in [6.07, 6.45) is 7.01. The summed E-state index contributed by atoms with van der Waals surface area (Å²) in [5.74, 6) is -3.45. The second-order valence-corrected chi connectivity index (χ2v) is 13.4. The van der Waals surface area contributed by atoms with E-state index in [4.69, 9.17) is 21.1 Å². The predicted molar refractivity (Wildman–Crippen MR) is 175 cm³/mol. The fraction of sp³-hybridized carbons (Fsp3) is 0.444. The summed E-state index contributed by atoms with van der Waals surface area (Å²) in [4.78, 5) is 55.3. The molecule has 1 saturated carbocycles. The minimum Gasteiger partial charge on any atom is -0.479 e. The zero-order valence-electron chi connectivity index (χ0n) is 26.7. The monoisotopic (exact) mass is 650 g/mol. The average molecular weight is 651 g/mol. The van der Waals surface area contributed by atoms with Crippen LogP contribution in [0.25, 0.3) is 0 Å². The lowest BCUT2D eigenvalue weighted by molar-refractivity contribution is -0.167. The van der Waals surface area contributed by atoms with Crippen molar-refractivity contribution < 1.29 is 33.8 Å². The molecule has 2 aliphatic rings. The van der Waals surface area contributed by atoms with Crippen molar-refractivity contribution in [2.75, 3.05) is 0 Å². The first-order valence-corrected chi connectivity index (χ1v) is 16.0. The second-order valence-electron chi connectivity index (χ2n) is 13.0. The number of rotatable bonds is 14. The summed E-state index contributed by atoms with van der Waals surface area (Å²) < 4.78 is 11.7. The number of carboxylic acids is 1. The van der Waals surface area contributed by atoms with Crippen LogP contribution in [0.5, 0.6) is 11.5 Å². The summed E-state index contributed by atoms with van der Waals surface area (Å²) in [6, 6.07) is 11.3. The number of aliphatic carboxylic acids is 1. The fourth-order valence-corrected chi connectivity index (χ4v) is 5.98. The average Bonchev–Trinajstić information content (AvgIpc) is 3.71. The van der Waals surface area contributed by atoms with Crippen molar-refractivity contribution in [1.29, 1.82) is 0 Å². The molecular weight excluding hydrogens is 608 g/mol. The van der Waals surface area contributed by atoms with E-state index < -0.39 is 52.8 Å². The number of nitrogens with one attached hydrogen (secondary N) is 1. The molecule has 2 aromatic carbocycles. The van der Waals surface area contributed by atoms with Crippen LogP contribution in [-0.4, -0.2) is 50.9 Å². The highest BCUT2D eigenvalue weighted by atomic mass is 35.5. The minimum absolute atomic E-state index is 0.0461. The third-order valence-electron chi connectivity index (χ3n) is 8.34. The van der Waals surface area contributed by atoms with Crippen LogP contribution in [0.1, 0.15) is 70.4 Å². The predicted octanol–water partition coefficient (Wildman–Crippen LogP) is 6.63. The molecule has 0 bridgehead atoms. The lowest BCUT2D eigenvalue weighted by Crippen LogP contribution is -2.58. The van der Waals surface area contributed by atoms with E-state index in [-0.39, 0.29) is 25.8 Å². The number of halogens is 1. The van der Waals surface area contributed by atoms with Crippen LogP contribution in [0.2, 0.25) is 5.02 Å². The Hall–Kier alpha value is -4.11. The second kappa shape index (κ2) is 14.5. The van der Waals surface area contributed by atoms with E-state index in [0.717, 1.165) is 30.4 Å². The molecule has 0 spiro atoms. The minimum atomic E-state index is -1.49. The van der Waals surface area contributed by atoms with Crippen molar-refractivity contribution >= 4 is 35.4 Å². The number of benzene rings is 2. The van der Waals surface area contributed by atoms with Crippen LogP contribution in [0.3, 0.4) is 0 Å². The number of fused-ring (bicyclic) bond motifs is 1. The number of allylic oxidation sites excluding steroid dienone is 1. The number of esters is 1. The molecule has 0 saturated heterocycles. The van der Waals surface area contributed by atoms with E-state index >= 15 is 0 Å². The first kappa shape index (κ1) is 34.8. The number of hydrogen-bond acceptors (Lipinski definition) is 6. The van der Waals surface area contributed by atoms with Crippen LogP contribution in [0.4, 0.5) is 0 Å². The van der Waals surface area contributed by atoms with E-state index in [2.05, 4.69) is 18.5 Å². The zero-order chi connectivity index (χ0) is 33.6. The highest BCUT2D eigenvalue weighted by Gasteiger charge is 2.61. The van der Waals surface area contributed by atoms with E-state index in [1.165, 1.54) is 11.0 Å². The molecule has 9 nitrogen and oxygen atoms in total. The van der Waals surface area contributed by atoms with Crippen LogP contribution in [-0.2, 0) is 36.9 Å². The van der Waals surface area contributed by atoms with Crippen LogP contribution >= 0.6 is 11.6 Å². The van der Waals surface area contributed by atoms with E-state index in [0.29, 0.717) is 22.9 Å². The molecule has 2 amide bonds. The first-order chi connectivity index (χ1) is 21.8. The molecule has 2 N–H and O–H groups in total. The van der Waals surface area contributed by atoms with Crippen molar-refractivity contribution in [2.24, 2.45) is 11.8 Å². The van der Waals surface area contributed by atoms with E-state index in [1.807, 2.05) is 12.1 Å². The van der Waals surface area contributed by atoms with E-state index in [9.17, 15) is 24.3 Å². The molecule has 246 valence electrons. The Balaban J connectivity index is 1.66.